The van der Waals surface area contributed by atoms with Gasteiger partial charge >= 0.3 is 40.0 Å². The van der Waals surface area contributed by atoms with Crippen LogP contribution >= 0.6 is 0 Å². The zero-order chi connectivity index (χ0) is 14.0. The number of hydrogen-bond donors (Lipinski definition) is 1. The quantitative estimate of drug-likeness (QED) is 0.228. The molecule has 0 fully saturated rings. The SMILES string of the molecule is O=S(=O)(O)C(F)(F)F.O=S(=O)([O-])C(F)(F)F.[Li+]. The summed E-state index contributed by atoms with van der Waals surface area (Å²) in [5, 5.41) is 0. The summed E-state index contributed by atoms with van der Waals surface area (Å²) in [6, 6.07) is 0. The average molecular weight is 306 g/mol. The van der Waals surface area contributed by atoms with E-state index in [1.807, 2.05) is 0 Å². The minimum absolute atomic E-state index is 0. The number of rotatable bonds is 0. The van der Waals surface area contributed by atoms with Gasteiger partial charge in [0.05, 0.1) is 0 Å². The summed E-state index contributed by atoms with van der Waals surface area (Å²) >= 11 is 0. The Morgan fingerprint density at radius 1 is 0.824 bits per heavy atom. The molecule has 6 nitrogen and oxygen atoms in total. The molecule has 0 radical (unpaired) electrons. The van der Waals surface area contributed by atoms with Gasteiger partial charge in [0.2, 0.25) is 0 Å². The molecule has 0 aromatic rings. The number of alkyl halides is 6. The molecule has 0 rings (SSSR count). The van der Waals surface area contributed by atoms with Gasteiger partial charge in [0, 0.05) is 0 Å². The minimum atomic E-state index is -6.09. The fourth-order valence-electron chi connectivity index (χ4n) is 0. The Morgan fingerprint density at radius 2 is 0.941 bits per heavy atom. The van der Waals surface area contributed by atoms with Gasteiger partial charge in [-0.25, -0.2) is 8.42 Å². The van der Waals surface area contributed by atoms with Gasteiger partial charge in [-0.3, -0.25) is 4.55 Å². The van der Waals surface area contributed by atoms with Crippen molar-refractivity contribution in [2.45, 2.75) is 11.0 Å². The Morgan fingerprint density at radius 3 is 0.941 bits per heavy atom. The van der Waals surface area contributed by atoms with E-state index in [4.69, 9.17) is 25.9 Å². The van der Waals surface area contributed by atoms with Gasteiger partial charge in [0.25, 0.3) is 0 Å². The van der Waals surface area contributed by atoms with Crippen molar-refractivity contribution in [2.75, 3.05) is 0 Å². The molecule has 0 spiro atoms. The first-order valence-corrected chi connectivity index (χ1v) is 5.41. The van der Waals surface area contributed by atoms with E-state index in [1.165, 1.54) is 0 Å². The third-order valence-electron chi connectivity index (χ3n) is 0.576. The van der Waals surface area contributed by atoms with Crippen LogP contribution in [0.25, 0.3) is 0 Å². The zero-order valence-electron chi connectivity index (χ0n) is 7.57. The molecule has 1 N–H and O–H groups in total. The standard InChI is InChI=1S/2CHF3O3S.Li/c2*2-1(3,4)8(5,6)7;/h2*(H,5,6,7);/q;;+1/p-1. The summed E-state index contributed by atoms with van der Waals surface area (Å²) < 4.78 is 116. The van der Waals surface area contributed by atoms with Crippen molar-refractivity contribution in [1.29, 1.82) is 0 Å². The van der Waals surface area contributed by atoms with E-state index in [0.717, 1.165) is 0 Å². The molecule has 0 aromatic heterocycles. The minimum Gasteiger partial charge on any atom is -0.741 e. The molecule has 17 heavy (non-hydrogen) atoms. The van der Waals surface area contributed by atoms with Gasteiger partial charge in [0.1, 0.15) is 0 Å². The Labute approximate surface area is 103 Å². The van der Waals surface area contributed by atoms with E-state index in [1.54, 1.807) is 0 Å². The van der Waals surface area contributed by atoms with Crippen molar-refractivity contribution in [2.24, 2.45) is 0 Å². The van der Waals surface area contributed by atoms with Crippen LogP contribution in [0.2, 0.25) is 0 Å². The third-order valence-corrected chi connectivity index (χ3v) is 1.73. The topological polar surface area (TPSA) is 112 Å². The predicted molar refractivity (Wildman–Crippen MR) is 33.4 cm³/mol. The maximum absolute atomic E-state index is 10.7. The zero-order valence-corrected chi connectivity index (χ0v) is 9.21. The summed E-state index contributed by atoms with van der Waals surface area (Å²) in [6.45, 7) is 0. The second kappa shape index (κ2) is 6.25. The van der Waals surface area contributed by atoms with E-state index < -0.39 is 31.3 Å². The van der Waals surface area contributed by atoms with Crippen molar-refractivity contribution in [3.05, 3.63) is 0 Å². The smallest absolute Gasteiger partial charge is 0.741 e. The van der Waals surface area contributed by atoms with Crippen molar-refractivity contribution in [3.63, 3.8) is 0 Å². The van der Waals surface area contributed by atoms with Gasteiger partial charge < -0.3 is 4.55 Å². The molecule has 0 aliphatic rings. The summed E-state index contributed by atoms with van der Waals surface area (Å²) in [5.74, 6) is 0. The molecule has 0 heterocycles. The monoisotopic (exact) mass is 306 g/mol. The van der Waals surface area contributed by atoms with E-state index >= 15 is 0 Å². The first-order valence-electron chi connectivity index (χ1n) is 2.56. The molecule has 0 bridgehead atoms. The van der Waals surface area contributed by atoms with Gasteiger partial charge in [0.15, 0.2) is 10.1 Å². The Kier molecular flexibility index (Phi) is 8.16. The van der Waals surface area contributed by atoms with Crippen LogP contribution in [-0.4, -0.2) is 37.0 Å². The van der Waals surface area contributed by atoms with Crippen LogP contribution in [-0.2, 0) is 20.2 Å². The largest absolute Gasteiger partial charge is 1.00 e. The molecule has 0 saturated heterocycles. The predicted octanol–water partition coefficient (Wildman–Crippen LogP) is -2.55. The van der Waals surface area contributed by atoms with Gasteiger partial charge in [-0.05, 0) is 0 Å². The fraction of sp³-hybridized carbons (Fsp3) is 1.00. The normalized spacial score (nSPS) is 13.2. The summed E-state index contributed by atoms with van der Waals surface area (Å²) in [4.78, 5) is 0. The molecule has 0 saturated carbocycles. The first kappa shape index (κ1) is 22.2. The van der Waals surface area contributed by atoms with Crippen LogP contribution in [0.1, 0.15) is 0 Å². The summed E-state index contributed by atoms with van der Waals surface area (Å²) in [7, 11) is -11.9. The van der Waals surface area contributed by atoms with Crippen molar-refractivity contribution in [3.8, 4) is 0 Å². The average Bonchev–Trinajstić information content (AvgIpc) is 1.77. The molecular weight excluding hydrogens is 305 g/mol. The molecule has 0 atom stereocenters. The molecular formula is C2HF6LiO6S2. The van der Waals surface area contributed by atoms with E-state index in [0.29, 0.717) is 0 Å². The molecule has 0 aliphatic heterocycles. The van der Waals surface area contributed by atoms with E-state index in [9.17, 15) is 26.3 Å². The van der Waals surface area contributed by atoms with Crippen molar-refractivity contribution < 1.29 is 71.1 Å². The second-order valence-corrected chi connectivity index (χ2v) is 4.60. The molecule has 0 aromatic carbocycles. The molecule has 100 valence electrons. The number of halogens is 6. The molecule has 0 aliphatic carbocycles. The van der Waals surface area contributed by atoms with Crippen LogP contribution in [0.4, 0.5) is 26.3 Å². The number of hydrogen-bond acceptors (Lipinski definition) is 5. The van der Waals surface area contributed by atoms with Gasteiger partial charge in [-0.1, -0.05) is 0 Å². The van der Waals surface area contributed by atoms with Crippen molar-refractivity contribution >= 4 is 20.2 Å². The third kappa shape index (κ3) is 9.68. The maximum Gasteiger partial charge on any atom is 1.00 e. The van der Waals surface area contributed by atoms with Gasteiger partial charge in [-0.15, -0.1) is 0 Å². The fourth-order valence-corrected chi connectivity index (χ4v) is 0. The second-order valence-electron chi connectivity index (χ2n) is 1.82. The molecule has 0 unspecified atom stereocenters. The molecule has 15 heteroatoms. The first-order chi connectivity index (χ1) is 6.50. The Balaban J connectivity index is -0.000000218. The summed E-state index contributed by atoms with van der Waals surface area (Å²) in [6.07, 6.45) is 0. The maximum atomic E-state index is 10.7. The van der Waals surface area contributed by atoms with Crippen molar-refractivity contribution in [1.82, 2.24) is 0 Å². The van der Waals surface area contributed by atoms with Crippen LogP contribution in [0, 0.1) is 0 Å². The Hall–Kier alpha value is -0.00260. The van der Waals surface area contributed by atoms with Crippen LogP contribution < -0.4 is 18.9 Å². The van der Waals surface area contributed by atoms with E-state index in [-0.39, 0.29) is 18.9 Å². The van der Waals surface area contributed by atoms with Crippen LogP contribution in [0.15, 0.2) is 0 Å². The van der Waals surface area contributed by atoms with Gasteiger partial charge in [-0.2, -0.15) is 34.8 Å². The summed E-state index contributed by atoms with van der Waals surface area (Å²) in [5.41, 5.74) is -11.2. The Bertz CT molecular complexity index is 374. The van der Waals surface area contributed by atoms with Crippen LogP contribution in [0.5, 0.6) is 0 Å². The molecule has 0 amide bonds. The van der Waals surface area contributed by atoms with E-state index in [2.05, 4.69) is 0 Å². The van der Waals surface area contributed by atoms with Crippen LogP contribution in [0.3, 0.4) is 0 Å².